The van der Waals surface area contributed by atoms with Crippen LogP contribution in [0, 0.1) is 0 Å². The van der Waals surface area contributed by atoms with E-state index in [1.807, 2.05) is 24.3 Å². The summed E-state index contributed by atoms with van der Waals surface area (Å²) in [5.41, 5.74) is 8.73. The van der Waals surface area contributed by atoms with E-state index in [1.165, 1.54) is 45.4 Å². The smallest absolute Gasteiger partial charge is 0.159 e. The lowest BCUT2D eigenvalue weighted by Gasteiger charge is -2.23. The van der Waals surface area contributed by atoms with Crippen LogP contribution in [-0.2, 0) is 4.79 Å². The number of ketones is 3. The minimum Gasteiger partial charge on any atom is -0.399 e. The topological polar surface area (TPSA) is 89.3 Å². The van der Waals surface area contributed by atoms with Crippen molar-refractivity contribution in [3.05, 3.63) is 59.7 Å². The molecule has 2 aliphatic rings. The zero-order chi connectivity index (χ0) is 24.1. The van der Waals surface area contributed by atoms with E-state index in [1.54, 1.807) is 31.2 Å². The zero-order valence-corrected chi connectivity index (χ0v) is 20.1. The number of hydrogen-bond acceptors (Lipinski definition) is 5. The molecular weight excluding hydrogens is 412 g/mol. The van der Waals surface area contributed by atoms with Crippen molar-refractivity contribution in [1.82, 2.24) is 0 Å². The lowest BCUT2D eigenvalue weighted by atomic mass is 9.95. The number of carbonyl (C=O) groups excluding carboxylic acids is 3. The van der Waals surface area contributed by atoms with Crippen LogP contribution in [0.5, 0.6) is 0 Å². The number of anilines is 2. The van der Waals surface area contributed by atoms with E-state index in [2.05, 4.69) is 5.32 Å². The van der Waals surface area contributed by atoms with Crippen molar-refractivity contribution in [2.45, 2.75) is 84.1 Å². The molecule has 5 nitrogen and oxygen atoms in total. The molecule has 3 N–H and O–H groups in total. The number of hydrogen-bond donors (Lipinski definition) is 2. The molecule has 0 aromatic heterocycles. The van der Waals surface area contributed by atoms with E-state index in [0.29, 0.717) is 23.1 Å². The first-order chi connectivity index (χ1) is 15.8. The molecular formula is C28H38N2O3. The summed E-state index contributed by atoms with van der Waals surface area (Å²) >= 11 is 0. The molecule has 178 valence electrons. The molecule has 5 heteroatoms. The predicted octanol–water partition coefficient (Wildman–Crippen LogP) is 6.62. The Hall–Kier alpha value is -2.95. The van der Waals surface area contributed by atoms with Gasteiger partial charge in [-0.2, -0.15) is 0 Å². The Morgan fingerprint density at radius 1 is 0.727 bits per heavy atom. The molecule has 2 fully saturated rings. The van der Waals surface area contributed by atoms with Crippen molar-refractivity contribution < 1.29 is 14.4 Å². The largest absolute Gasteiger partial charge is 0.399 e. The van der Waals surface area contributed by atoms with Crippen molar-refractivity contribution in [3.63, 3.8) is 0 Å². The molecule has 0 radical (unpaired) electrons. The molecule has 0 amide bonds. The van der Waals surface area contributed by atoms with Gasteiger partial charge in [0.25, 0.3) is 0 Å². The summed E-state index contributed by atoms with van der Waals surface area (Å²) in [4.78, 5) is 32.3. The van der Waals surface area contributed by atoms with Crippen LogP contribution in [0.3, 0.4) is 0 Å². The molecule has 2 aromatic carbocycles. The second-order valence-corrected chi connectivity index (χ2v) is 8.89. The van der Waals surface area contributed by atoms with Gasteiger partial charge in [-0.25, -0.2) is 0 Å². The summed E-state index contributed by atoms with van der Waals surface area (Å²) in [5, 5.41) is 3.54. The van der Waals surface area contributed by atoms with E-state index in [0.717, 1.165) is 36.9 Å². The normalized spacial score (nSPS) is 15.9. The van der Waals surface area contributed by atoms with E-state index in [-0.39, 0.29) is 11.6 Å². The Labute approximate surface area is 198 Å². The van der Waals surface area contributed by atoms with Gasteiger partial charge in [0.1, 0.15) is 5.78 Å². The van der Waals surface area contributed by atoms with E-state index in [4.69, 9.17) is 5.73 Å². The zero-order valence-electron chi connectivity index (χ0n) is 20.1. The SMILES string of the molecule is CC(=O)c1ccc(N)cc1.CC(=O)c1ccc(NC2CCCCC2)cc1.O=C1CCCCC1. The van der Waals surface area contributed by atoms with Gasteiger partial charge in [0.05, 0.1) is 0 Å². The van der Waals surface area contributed by atoms with Crippen LogP contribution in [0.4, 0.5) is 11.4 Å². The van der Waals surface area contributed by atoms with Crippen LogP contribution < -0.4 is 11.1 Å². The Kier molecular flexibility index (Phi) is 11.4. The Bertz CT molecular complexity index is 874. The first kappa shape index (κ1) is 26.3. The molecule has 2 saturated carbocycles. The third kappa shape index (κ3) is 10.5. The summed E-state index contributed by atoms with van der Waals surface area (Å²) < 4.78 is 0. The molecule has 2 aromatic rings. The summed E-state index contributed by atoms with van der Waals surface area (Å²) in [6.45, 7) is 3.13. The highest BCUT2D eigenvalue weighted by Gasteiger charge is 2.12. The van der Waals surface area contributed by atoms with Gasteiger partial charge >= 0.3 is 0 Å². The lowest BCUT2D eigenvalue weighted by molar-refractivity contribution is -0.120. The van der Waals surface area contributed by atoms with Crippen LogP contribution in [0.15, 0.2) is 48.5 Å². The second-order valence-electron chi connectivity index (χ2n) is 8.89. The third-order valence-corrected chi connectivity index (χ3v) is 6.00. The third-order valence-electron chi connectivity index (χ3n) is 6.00. The van der Waals surface area contributed by atoms with Crippen LogP contribution in [0.1, 0.15) is 98.8 Å². The number of benzene rings is 2. The van der Waals surface area contributed by atoms with Crippen molar-refractivity contribution in [3.8, 4) is 0 Å². The van der Waals surface area contributed by atoms with Crippen LogP contribution in [-0.4, -0.2) is 23.4 Å². The Morgan fingerprint density at radius 2 is 1.18 bits per heavy atom. The molecule has 0 bridgehead atoms. The second kappa shape index (κ2) is 14.2. The summed E-state index contributed by atoms with van der Waals surface area (Å²) in [5.74, 6) is 0.662. The van der Waals surface area contributed by atoms with Gasteiger partial charge in [-0.1, -0.05) is 25.7 Å². The van der Waals surface area contributed by atoms with E-state index in [9.17, 15) is 14.4 Å². The maximum atomic E-state index is 11.1. The van der Waals surface area contributed by atoms with Gasteiger partial charge in [-0.3, -0.25) is 14.4 Å². The average Bonchev–Trinajstić information content (AvgIpc) is 2.82. The summed E-state index contributed by atoms with van der Waals surface area (Å²) in [7, 11) is 0. The molecule has 4 rings (SSSR count). The number of Topliss-reactive ketones (excluding diaryl/α,β-unsaturated/α-hetero) is 3. The van der Waals surface area contributed by atoms with Gasteiger partial charge in [-0.15, -0.1) is 0 Å². The lowest BCUT2D eigenvalue weighted by Crippen LogP contribution is -2.22. The molecule has 0 unspecified atom stereocenters. The Balaban J connectivity index is 0.000000193. The number of nitrogen functional groups attached to an aromatic ring is 1. The fourth-order valence-corrected chi connectivity index (χ4v) is 3.95. The molecule has 0 heterocycles. The fraction of sp³-hybridized carbons (Fsp3) is 0.464. The van der Waals surface area contributed by atoms with Crippen molar-refractivity contribution >= 4 is 28.7 Å². The predicted molar refractivity (Wildman–Crippen MR) is 136 cm³/mol. The quantitative estimate of drug-likeness (QED) is 0.403. The molecule has 33 heavy (non-hydrogen) atoms. The maximum absolute atomic E-state index is 11.1. The molecule has 0 atom stereocenters. The van der Waals surface area contributed by atoms with Crippen molar-refractivity contribution in [2.75, 3.05) is 11.1 Å². The van der Waals surface area contributed by atoms with Crippen LogP contribution in [0.25, 0.3) is 0 Å². The van der Waals surface area contributed by atoms with Gasteiger partial charge in [0.2, 0.25) is 0 Å². The van der Waals surface area contributed by atoms with E-state index >= 15 is 0 Å². The van der Waals surface area contributed by atoms with Crippen LogP contribution in [0.2, 0.25) is 0 Å². The molecule has 2 aliphatic carbocycles. The average molecular weight is 451 g/mol. The van der Waals surface area contributed by atoms with E-state index < -0.39 is 0 Å². The molecule has 0 aliphatic heterocycles. The number of nitrogens with two attached hydrogens (primary N) is 1. The standard InChI is InChI=1S/C14H19NO.C8H9NO.C6H10O/c1-11(16)12-7-9-14(10-8-12)15-13-5-3-2-4-6-13;1-6(10)7-2-4-8(9)5-3-7;7-6-4-2-1-3-5-6/h7-10,13,15H,2-6H2,1H3;2-5H,9H2,1H3;1-5H2. The van der Waals surface area contributed by atoms with Crippen LogP contribution >= 0.6 is 0 Å². The highest BCUT2D eigenvalue weighted by molar-refractivity contribution is 5.94. The summed E-state index contributed by atoms with van der Waals surface area (Å²) in [6, 6.07) is 15.3. The maximum Gasteiger partial charge on any atom is 0.159 e. The minimum absolute atomic E-state index is 0.0694. The highest BCUT2D eigenvalue weighted by atomic mass is 16.1. The minimum atomic E-state index is 0.0694. The number of nitrogens with one attached hydrogen (secondary N) is 1. The first-order valence-corrected chi connectivity index (χ1v) is 12.1. The highest BCUT2D eigenvalue weighted by Crippen LogP contribution is 2.21. The fourth-order valence-electron chi connectivity index (χ4n) is 3.95. The number of carbonyl (C=O) groups is 3. The van der Waals surface area contributed by atoms with Gasteiger partial charge in [0, 0.05) is 41.4 Å². The number of rotatable bonds is 4. The van der Waals surface area contributed by atoms with Gasteiger partial charge in [-0.05, 0) is 88.1 Å². The van der Waals surface area contributed by atoms with Crippen molar-refractivity contribution in [2.24, 2.45) is 0 Å². The summed E-state index contributed by atoms with van der Waals surface area (Å²) in [6.07, 6.45) is 11.8. The Morgan fingerprint density at radius 3 is 1.61 bits per heavy atom. The van der Waals surface area contributed by atoms with Gasteiger partial charge < -0.3 is 11.1 Å². The monoisotopic (exact) mass is 450 g/mol. The molecule has 0 spiro atoms. The van der Waals surface area contributed by atoms with Crippen molar-refractivity contribution in [1.29, 1.82) is 0 Å². The van der Waals surface area contributed by atoms with Gasteiger partial charge in [0.15, 0.2) is 11.6 Å². The first-order valence-electron chi connectivity index (χ1n) is 12.1. The molecule has 0 saturated heterocycles.